The number of fused-ring (bicyclic) bond motifs is 5. The monoisotopic (exact) mass is 502 g/mol. The fourth-order valence-corrected chi connectivity index (χ4v) is 5.00. The minimum atomic E-state index is -0.387. The van der Waals surface area contributed by atoms with Gasteiger partial charge in [-0.2, -0.15) is 4.98 Å². The maximum absolute atomic E-state index is 13.2. The van der Waals surface area contributed by atoms with Gasteiger partial charge in [0.2, 0.25) is 11.8 Å². The number of rotatable bonds is 3. The molecular formula is C28H30N4O5. The van der Waals surface area contributed by atoms with E-state index >= 15 is 0 Å². The predicted molar refractivity (Wildman–Crippen MR) is 136 cm³/mol. The number of aryl methyl sites for hydroxylation is 2. The summed E-state index contributed by atoms with van der Waals surface area (Å²) < 4.78 is 12.2. The van der Waals surface area contributed by atoms with Crippen LogP contribution in [0.15, 0.2) is 53.3 Å². The molecule has 3 heterocycles. The van der Waals surface area contributed by atoms with E-state index in [2.05, 4.69) is 15.3 Å². The Morgan fingerprint density at radius 1 is 1.05 bits per heavy atom. The number of benzene rings is 2. The molecule has 4 bridgehead atoms. The van der Waals surface area contributed by atoms with E-state index in [1.807, 2.05) is 55.5 Å². The van der Waals surface area contributed by atoms with E-state index < -0.39 is 0 Å². The third-order valence-corrected chi connectivity index (χ3v) is 6.87. The quantitative estimate of drug-likeness (QED) is 0.569. The summed E-state index contributed by atoms with van der Waals surface area (Å²) in [6.45, 7) is 4.68. The fraction of sp³-hybridized carbons (Fsp3) is 0.357. The molecule has 2 N–H and O–H groups in total. The van der Waals surface area contributed by atoms with Gasteiger partial charge in [-0.25, -0.2) is 4.79 Å². The number of aromatic amines is 1. The molecule has 0 radical (unpaired) electrons. The van der Waals surface area contributed by atoms with Crippen molar-refractivity contribution in [3.63, 3.8) is 0 Å². The van der Waals surface area contributed by atoms with Crippen molar-refractivity contribution < 1.29 is 19.1 Å². The molecule has 0 aliphatic carbocycles. The van der Waals surface area contributed by atoms with E-state index in [-0.39, 0.29) is 42.5 Å². The molecule has 2 aliphatic heterocycles. The van der Waals surface area contributed by atoms with E-state index in [9.17, 15) is 14.4 Å². The molecule has 37 heavy (non-hydrogen) atoms. The molecule has 2 amide bonds. The van der Waals surface area contributed by atoms with Crippen molar-refractivity contribution in [2.45, 2.75) is 51.9 Å². The Morgan fingerprint density at radius 2 is 1.78 bits per heavy atom. The largest absolute Gasteiger partial charge is 0.457 e. The lowest BCUT2D eigenvalue weighted by atomic mass is 10.1. The van der Waals surface area contributed by atoms with Crippen LogP contribution in [0.3, 0.4) is 0 Å². The number of carbonyl (C=O) groups is 2. The van der Waals surface area contributed by atoms with Gasteiger partial charge in [-0.15, -0.1) is 0 Å². The highest BCUT2D eigenvalue weighted by Crippen LogP contribution is 2.25. The minimum Gasteiger partial charge on any atom is -0.457 e. The summed E-state index contributed by atoms with van der Waals surface area (Å²) in [4.78, 5) is 46.0. The van der Waals surface area contributed by atoms with E-state index in [0.29, 0.717) is 43.3 Å². The van der Waals surface area contributed by atoms with Crippen molar-refractivity contribution in [3.8, 4) is 11.5 Å². The number of ether oxygens (including phenoxy) is 2. The molecule has 1 fully saturated rings. The van der Waals surface area contributed by atoms with Gasteiger partial charge in [0, 0.05) is 30.9 Å². The number of H-pyrrole nitrogens is 1. The summed E-state index contributed by atoms with van der Waals surface area (Å²) in [7, 11) is 0. The lowest BCUT2D eigenvalue weighted by Crippen LogP contribution is -2.44. The molecule has 9 nitrogen and oxygen atoms in total. The Morgan fingerprint density at radius 3 is 2.54 bits per heavy atom. The molecule has 1 aromatic heterocycles. The van der Waals surface area contributed by atoms with Crippen LogP contribution < -0.4 is 15.7 Å². The molecule has 2 atom stereocenters. The van der Waals surface area contributed by atoms with Gasteiger partial charge >= 0.3 is 5.69 Å². The van der Waals surface area contributed by atoms with Crippen molar-refractivity contribution in [1.82, 2.24) is 20.2 Å². The predicted octanol–water partition coefficient (Wildman–Crippen LogP) is 2.58. The van der Waals surface area contributed by atoms with Crippen molar-refractivity contribution in [2.24, 2.45) is 0 Å². The number of aromatic nitrogens is 2. The maximum atomic E-state index is 13.2. The second-order valence-corrected chi connectivity index (χ2v) is 9.63. The van der Waals surface area contributed by atoms with E-state index in [4.69, 9.17) is 9.47 Å². The van der Waals surface area contributed by atoms with Gasteiger partial charge in [0.1, 0.15) is 11.5 Å². The van der Waals surface area contributed by atoms with Crippen LogP contribution in [0.1, 0.15) is 34.5 Å². The van der Waals surface area contributed by atoms with Crippen molar-refractivity contribution in [1.29, 1.82) is 0 Å². The fourth-order valence-electron chi connectivity index (χ4n) is 5.00. The summed E-state index contributed by atoms with van der Waals surface area (Å²) in [5.74, 6) is 1.20. The number of amides is 2. The van der Waals surface area contributed by atoms with E-state index in [0.717, 1.165) is 22.4 Å². The summed E-state index contributed by atoms with van der Waals surface area (Å²) in [5, 5.41) is 3.08. The van der Waals surface area contributed by atoms with Crippen molar-refractivity contribution in [2.75, 3.05) is 13.1 Å². The molecule has 0 spiro atoms. The molecular weight excluding hydrogens is 472 g/mol. The molecule has 9 heteroatoms. The SMILES string of the molecule is Cc1nc(=O)[nH]c(C)c1CCC(=O)N1C[C@@H]2NC(=O)Cc3cccc(c3)Oc3cccc(c3)CO[C@H]2C1. The first-order chi connectivity index (χ1) is 17.8. The van der Waals surface area contributed by atoms with Gasteiger partial charge in [0.15, 0.2) is 0 Å². The first-order valence-corrected chi connectivity index (χ1v) is 12.4. The van der Waals surface area contributed by atoms with Crippen LogP contribution in [0.4, 0.5) is 0 Å². The number of hydrogen-bond donors (Lipinski definition) is 2. The number of hydrogen-bond acceptors (Lipinski definition) is 6. The molecule has 192 valence electrons. The first-order valence-electron chi connectivity index (χ1n) is 12.4. The number of nitrogens with zero attached hydrogens (tertiary/aromatic N) is 2. The standard InChI is InChI=1S/C28H30N4O5/c1-17-23(18(2)30-28(35)29-17)9-10-27(34)32-14-24-25(15-32)36-16-20-6-4-8-22(12-20)37-21-7-3-5-19(11-21)13-26(33)31-24/h3-8,11-12,24-25H,9-10,13-16H2,1-2H3,(H,31,33)(H,29,30,35)/t24-,25-/m0/s1. The smallest absolute Gasteiger partial charge is 0.345 e. The van der Waals surface area contributed by atoms with Gasteiger partial charge in [-0.3, -0.25) is 9.59 Å². The summed E-state index contributed by atoms with van der Waals surface area (Å²) in [5.41, 5.74) is 3.63. The third-order valence-electron chi connectivity index (χ3n) is 6.87. The normalized spacial score (nSPS) is 19.4. The Bertz CT molecular complexity index is 1360. The van der Waals surface area contributed by atoms with Crippen LogP contribution in [-0.4, -0.2) is 51.9 Å². The van der Waals surface area contributed by atoms with Crippen molar-refractivity contribution in [3.05, 3.63) is 87.1 Å². The third kappa shape index (κ3) is 5.89. The molecule has 2 aliphatic rings. The Hall–Kier alpha value is -3.98. The van der Waals surface area contributed by atoms with Crippen LogP contribution in [-0.2, 0) is 33.8 Å². The maximum Gasteiger partial charge on any atom is 0.345 e. The summed E-state index contributed by atoms with van der Waals surface area (Å²) in [6, 6.07) is 14.9. The highest BCUT2D eigenvalue weighted by atomic mass is 16.5. The minimum absolute atomic E-state index is 0.0311. The number of nitrogens with one attached hydrogen (secondary N) is 2. The molecule has 0 unspecified atom stereocenters. The van der Waals surface area contributed by atoms with Crippen LogP contribution in [0.25, 0.3) is 0 Å². The van der Waals surface area contributed by atoms with E-state index in [1.165, 1.54) is 0 Å². The molecule has 0 saturated carbocycles. The lowest BCUT2D eigenvalue weighted by Gasteiger charge is -2.21. The van der Waals surface area contributed by atoms with Gasteiger partial charge in [0.25, 0.3) is 0 Å². The van der Waals surface area contributed by atoms with Gasteiger partial charge in [0.05, 0.1) is 25.2 Å². The Balaban J connectivity index is 1.32. The van der Waals surface area contributed by atoms with Crippen LogP contribution in [0, 0.1) is 13.8 Å². The van der Waals surface area contributed by atoms with Gasteiger partial charge in [-0.1, -0.05) is 24.3 Å². The Labute approximate surface area is 214 Å². The zero-order chi connectivity index (χ0) is 25.9. The van der Waals surface area contributed by atoms with Gasteiger partial charge in [-0.05, 0) is 61.2 Å². The lowest BCUT2D eigenvalue weighted by molar-refractivity contribution is -0.130. The first kappa shape index (κ1) is 24.7. The highest BCUT2D eigenvalue weighted by molar-refractivity contribution is 5.80. The zero-order valence-corrected chi connectivity index (χ0v) is 21.0. The second-order valence-electron chi connectivity index (χ2n) is 9.63. The molecule has 3 aromatic rings. The van der Waals surface area contributed by atoms with Crippen LogP contribution in [0.2, 0.25) is 0 Å². The summed E-state index contributed by atoms with van der Waals surface area (Å²) in [6.07, 6.45) is 0.605. The molecule has 5 rings (SSSR count). The van der Waals surface area contributed by atoms with Crippen LogP contribution >= 0.6 is 0 Å². The number of likely N-dealkylation sites (tertiary alicyclic amines) is 1. The zero-order valence-electron chi connectivity index (χ0n) is 21.0. The molecule has 1 saturated heterocycles. The molecule has 2 aromatic carbocycles. The van der Waals surface area contributed by atoms with Gasteiger partial charge < -0.3 is 24.7 Å². The van der Waals surface area contributed by atoms with Crippen molar-refractivity contribution >= 4 is 11.8 Å². The highest BCUT2D eigenvalue weighted by Gasteiger charge is 2.37. The topological polar surface area (TPSA) is 114 Å². The summed E-state index contributed by atoms with van der Waals surface area (Å²) >= 11 is 0. The number of carbonyl (C=O) groups excluding carboxylic acids is 2. The average molecular weight is 503 g/mol. The average Bonchev–Trinajstić information content (AvgIpc) is 3.24. The second kappa shape index (κ2) is 10.6. The van der Waals surface area contributed by atoms with E-state index in [1.54, 1.807) is 11.8 Å². The Kier molecular flexibility index (Phi) is 7.05. The van der Waals surface area contributed by atoms with Crippen LogP contribution in [0.5, 0.6) is 11.5 Å².